The summed E-state index contributed by atoms with van der Waals surface area (Å²) >= 11 is 0. The van der Waals surface area contributed by atoms with Crippen LogP contribution >= 0.6 is 0 Å². The van der Waals surface area contributed by atoms with Crippen LogP contribution in [0, 0.1) is 0 Å². The number of nitrogens with one attached hydrogen (secondary N) is 1. The van der Waals surface area contributed by atoms with E-state index in [0.29, 0.717) is 18.5 Å². The number of ether oxygens (including phenoxy) is 1. The zero-order valence-corrected chi connectivity index (χ0v) is 17.7. The predicted octanol–water partition coefficient (Wildman–Crippen LogP) is 2.42. The van der Waals surface area contributed by atoms with E-state index in [4.69, 9.17) is 9.15 Å². The number of carbonyl (C=O) groups excluding carboxylic acids is 1. The van der Waals surface area contributed by atoms with Gasteiger partial charge in [-0.3, -0.25) is 9.69 Å². The first kappa shape index (κ1) is 20.9. The third kappa shape index (κ3) is 5.40. The molecule has 1 aliphatic heterocycles. The van der Waals surface area contributed by atoms with E-state index in [-0.39, 0.29) is 5.91 Å². The molecule has 3 aromatic rings. The number of fused-ring (bicyclic) bond motifs is 1. The van der Waals surface area contributed by atoms with Crippen molar-refractivity contribution in [3.05, 3.63) is 71.7 Å². The Labute approximate surface area is 181 Å². The van der Waals surface area contributed by atoms with Gasteiger partial charge in [-0.25, -0.2) is 0 Å². The molecule has 3 heterocycles. The van der Waals surface area contributed by atoms with Gasteiger partial charge in [-0.1, -0.05) is 24.3 Å². The SMILES string of the molecule is COc1ccc(C=CCN2CCc3nnc(CCNC(=O)c4ccoc4)n3CC2)cc1. The molecular weight excluding hydrogens is 394 g/mol. The molecule has 4 rings (SSSR count). The second kappa shape index (κ2) is 10.1. The van der Waals surface area contributed by atoms with Gasteiger partial charge >= 0.3 is 0 Å². The van der Waals surface area contributed by atoms with Crippen LogP contribution in [0.3, 0.4) is 0 Å². The Hall–Kier alpha value is -3.39. The molecule has 2 aromatic heterocycles. The van der Waals surface area contributed by atoms with Crippen LogP contribution < -0.4 is 10.1 Å². The molecule has 0 fully saturated rings. The molecular formula is C23H27N5O3. The summed E-state index contributed by atoms with van der Waals surface area (Å²) < 4.78 is 12.3. The van der Waals surface area contributed by atoms with E-state index in [1.165, 1.54) is 12.5 Å². The summed E-state index contributed by atoms with van der Waals surface area (Å²) in [6, 6.07) is 9.69. The molecule has 1 amide bonds. The molecule has 1 aromatic carbocycles. The summed E-state index contributed by atoms with van der Waals surface area (Å²) in [5.74, 6) is 2.65. The second-order valence-corrected chi connectivity index (χ2v) is 7.43. The fraction of sp³-hybridized carbons (Fsp3) is 0.348. The highest BCUT2D eigenvalue weighted by atomic mass is 16.5. The van der Waals surface area contributed by atoms with Crippen molar-refractivity contribution in [1.82, 2.24) is 25.0 Å². The van der Waals surface area contributed by atoms with E-state index in [0.717, 1.165) is 55.6 Å². The van der Waals surface area contributed by atoms with Gasteiger partial charge in [0.2, 0.25) is 0 Å². The molecule has 0 bridgehead atoms. The Bertz CT molecular complexity index is 1010. The topological polar surface area (TPSA) is 85.4 Å². The van der Waals surface area contributed by atoms with Gasteiger partial charge in [-0.15, -0.1) is 10.2 Å². The van der Waals surface area contributed by atoms with Crippen molar-refractivity contribution >= 4 is 12.0 Å². The second-order valence-electron chi connectivity index (χ2n) is 7.43. The highest BCUT2D eigenvalue weighted by molar-refractivity contribution is 5.93. The van der Waals surface area contributed by atoms with Crippen LogP contribution in [-0.4, -0.2) is 58.9 Å². The number of aromatic nitrogens is 3. The number of methoxy groups -OCH3 is 1. The average molecular weight is 422 g/mol. The molecule has 1 aliphatic rings. The summed E-state index contributed by atoms with van der Waals surface area (Å²) in [7, 11) is 1.67. The lowest BCUT2D eigenvalue weighted by atomic mass is 10.2. The van der Waals surface area contributed by atoms with Crippen molar-refractivity contribution in [2.24, 2.45) is 0 Å². The first-order valence-electron chi connectivity index (χ1n) is 10.5. The maximum absolute atomic E-state index is 12.0. The molecule has 1 N–H and O–H groups in total. The summed E-state index contributed by atoms with van der Waals surface area (Å²) in [5.41, 5.74) is 1.69. The van der Waals surface area contributed by atoms with Gasteiger partial charge in [0.15, 0.2) is 0 Å². The highest BCUT2D eigenvalue weighted by Crippen LogP contribution is 2.13. The van der Waals surface area contributed by atoms with Gasteiger partial charge in [0.1, 0.15) is 23.7 Å². The summed E-state index contributed by atoms with van der Waals surface area (Å²) in [6.45, 7) is 4.13. The van der Waals surface area contributed by atoms with Crippen LogP contribution in [0.2, 0.25) is 0 Å². The van der Waals surface area contributed by atoms with Crippen molar-refractivity contribution in [3.8, 4) is 5.75 Å². The van der Waals surface area contributed by atoms with E-state index >= 15 is 0 Å². The fourth-order valence-electron chi connectivity index (χ4n) is 3.63. The van der Waals surface area contributed by atoms with E-state index in [9.17, 15) is 4.79 Å². The first-order valence-corrected chi connectivity index (χ1v) is 10.5. The third-order valence-electron chi connectivity index (χ3n) is 5.40. The van der Waals surface area contributed by atoms with Crippen molar-refractivity contribution in [2.75, 3.05) is 33.3 Å². The van der Waals surface area contributed by atoms with E-state index in [1.54, 1.807) is 13.2 Å². The van der Waals surface area contributed by atoms with Gasteiger partial charge < -0.3 is 19.0 Å². The Morgan fingerprint density at radius 1 is 1.19 bits per heavy atom. The maximum Gasteiger partial charge on any atom is 0.254 e. The molecule has 0 radical (unpaired) electrons. The molecule has 0 saturated heterocycles. The largest absolute Gasteiger partial charge is 0.497 e. The minimum atomic E-state index is -0.140. The van der Waals surface area contributed by atoms with Gasteiger partial charge in [0.05, 0.1) is 18.9 Å². The lowest BCUT2D eigenvalue weighted by molar-refractivity contribution is 0.0953. The van der Waals surface area contributed by atoms with Crippen molar-refractivity contribution in [3.63, 3.8) is 0 Å². The number of amides is 1. The van der Waals surface area contributed by atoms with Crippen molar-refractivity contribution < 1.29 is 13.9 Å². The number of hydrogen-bond donors (Lipinski definition) is 1. The molecule has 0 unspecified atom stereocenters. The molecule has 0 aliphatic carbocycles. The zero-order chi connectivity index (χ0) is 21.5. The van der Waals surface area contributed by atoms with Crippen molar-refractivity contribution in [1.29, 1.82) is 0 Å². The number of hydrogen-bond acceptors (Lipinski definition) is 6. The van der Waals surface area contributed by atoms with Crippen molar-refractivity contribution in [2.45, 2.75) is 19.4 Å². The molecule has 8 nitrogen and oxygen atoms in total. The van der Waals surface area contributed by atoms with Crippen LogP contribution in [0.5, 0.6) is 5.75 Å². The Balaban J connectivity index is 1.26. The lowest BCUT2D eigenvalue weighted by Gasteiger charge is -2.17. The van der Waals surface area contributed by atoms with Crippen LogP contribution in [0.4, 0.5) is 0 Å². The van der Waals surface area contributed by atoms with E-state index in [1.807, 2.05) is 12.1 Å². The molecule has 0 saturated carbocycles. The van der Waals surface area contributed by atoms with Gasteiger partial charge in [0, 0.05) is 45.6 Å². The quantitative estimate of drug-likeness (QED) is 0.601. The zero-order valence-electron chi connectivity index (χ0n) is 17.7. The summed E-state index contributed by atoms with van der Waals surface area (Å²) in [5, 5.41) is 11.6. The predicted molar refractivity (Wildman–Crippen MR) is 117 cm³/mol. The fourth-order valence-corrected chi connectivity index (χ4v) is 3.63. The number of benzene rings is 1. The maximum atomic E-state index is 12.0. The average Bonchev–Trinajstić information content (AvgIpc) is 3.42. The van der Waals surface area contributed by atoms with Gasteiger partial charge in [0.25, 0.3) is 5.91 Å². The van der Waals surface area contributed by atoms with E-state index in [2.05, 4.69) is 49.3 Å². The number of carbonyl (C=O) groups is 1. The minimum Gasteiger partial charge on any atom is -0.497 e. The highest BCUT2D eigenvalue weighted by Gasteiger charge is 2.18. The third-order valence-corrected chi connectivity index (χ3v) is 5.40. The summed E-state index contributed by atoms with van der Waals surface area (Å²) in [6.07, 6.45) is 8.78. The summed E-state index contributed by atoms with van der Waals surface area (Å²) in [4.78, 5) is 14.4. The number of furan rings is 1. The standard InChI is InChI=1S/C23H27N5O3/c1-30-20-6-4-18(5-7-20)3-2-12-27-13-9-22-26-25-21(28(22)15-14-27)8-11-24-23(29)19-10-16-31-17-19/h2-7,10,16-17H,8-9,11-15H2,1H3,(H,24,29). The molecule has 8 heteroatoms. The smallest absolute Gasteiger partial charge is 0.254 e. The number of nitrogens with zero attached hydrogens (tertiary/aromatic N) is 4. The molecule has 162 valence electrons. The molecule has 31 heavy (non-hydrogen) atoms. The Morgan fingerprint density at radius 2 is 2.06 bits per heavy atom. The van der Waals surface area contributed by atoms with Crippen LogP contribution in [0.1, 0.15) is 27.6 Å². The Kier molecular flexibility index (Phi) is 6.78. The van der Waals surface area contributed by atoms with Gasteiger partial charge in [-0.2, -0.15) is 0 Å². The monoisotopic (exact) mass is 421 g/mol. The number of rotatable bonds is 8. The van der Waals surface area contributed by atoms with Crippen LogP contribution in [0.15, 0.2) is 53.4 Å². The van der Waals surface area contributed by atoms with Crippen LogP contribution in [-0.2, 0) is 19.4 Å². The lowest BCUT2D eigenvalue weighted by Crippen LogP contribution is -2.28. The normalized spacial score (nSPS) is 14.4. The van der Waals surface area contributed by atoms with Crippen LogP contribution in [0.25, 0.3) is 6.08 Å². The minimum absolute atomic E-state index is 0.140. The van der Waals surface area contributed by atoms with E-state index < -0.39 is 0 Å². The van der Waals surface area contributed by atoms with Gasteiger partial charge in [-0.05, 0) is 23.8 Å². The Morgan fingerprint density at radius 3 is 2.84 bits per heavy atom. The first-order chi connectivity index (χ1) is 15.2. The molecule has 0 atom stereocenters. The molecule has 0 spiro atoms.